The predicted molar refractivity (Wildman–Crippen MR) is 129 cm³/mol. The maximum absolute atomic E-state index is 13.0. The summed E-state index contributed by atoms with van der Waals surface area (Å²) in [5.41, 5.74) is 0.605. The highest BCUT2D eigenvalue weighted by Crippen LogP contribution is 2.35. The minimum absolute atomic E-state index is 0.174. The zero-order valence-corrected chi connectivity index (χ0v) is 20.2. The molecule has 2 N–H and O–H groups in total. The van der Waals surface area contributed by atoms with Gasteiger partial charge in [0.15, 0.2) is 18.3 Å². The molecule has 4 rings (SSSR count). The Morgan fingerprint density at radius 3 is 1.49 bits per heavy atom. The normalized spacial score (nSPS) is 21.2. The topological polar surface area (TPSA) is 138 Å². The number of benzene rings is 3. The lowest BCUT2D eigenvalue weighted by atomic mass is 10.0. The summed E-state index contributed by atoms with van der Waals surface area (Å²) in [6.07, 6.45) is -5.69. The van der Waals surface area contributed by atoms with E-state index in [4.69, 9.17) is 23.5 Å². The minimum Gasteiger partial charge on any atom is -0.452 e. The van der Waals surface area contributed by atoms with Crippen LogP contribution < -0.4 is 0 Å². The number of rotatable bonds is 8. The molecule has 0 aliphatic carbocycles. The number of esters is 3. The first-order valence-electron chi connectivity index (χ1n) is 11.2. The van der Waals surface area contributed by atoms with Crippen molar-refractivity contribution in [1.82, 2.24) is 0 Å². The van der Waals surface area contributed by atoms with Crippen molar-refractivity contribution in [2.24, 2.45) is 0 Å². The summed E-state index contributed by atoms with van der Waals surface area (Å²) in [7, 11) is -2.94. The number of hydrogen-bond donors (Lipinski definition) is 2. The summed E-state index contributed by atoms with van der Waals surface area (Å²) in [6.45, 7) is -0.349. The summed E-state index contributed by atoms with van der Waals surface area (Å²) in [4.78, 5) is 57.6. The van der Waals surface area contributed by atoms with Crippen molar-refractivity contribution in [3.63, 3.8) is 0 Å². The fraction of sp³-hybridized carbons (Fsp3) is 0.192. The van der Waals surface area contributed by atoms with Crippen LogP contribution >= 0.6 is 8.60 Å². The van der Waals surface area contributed by atoms with Crippen LogP contribution in [0.2, 0.25) is 0 Å². The monoisotopic (exact) mass is 526 g/mol. The fourth-order valence-corrected chi connectivity index (χ4v) is 3.97. The van der Waals surface area contributed by atoms with Crippen molar-refractivity contribution in [2.45, 2.75) is 24.6 Å². The average molecular weight is 526 g/mol. The maximum atomic E-state index is 13.0. The van der Waals surface area contributed by atoms with Gasteiger partial charge in [-0.05, 0) is 36.4 Å². The molecule has 3 aromatic rings. The Morgan fingerprint density at radius 2 is 1.05 bits per heavy atom. The molecule has 1 unspecified atom stereocenters. The van der Waals surface area contributed by atoms with E-state index in [9.17, 15) is 24.2 Å². The lowest BCUT2D eigenvalue weighted by Gasteiger charge is -2.40. The maximum Gasteiger partial charge on any atom is 0.338 e. The second-order valence-corrected chi connectivity index (χ2v) is 8.56. The molecule has 0 spiro atoms. The summed E-state index contributed by atoms with van der Waals surface area (Å²) in [5.74, 6) is -2.34. The molecule has 3 aromatic carbocycles. The zero-order valence-electron chi connectivity index (χ0n) is 19.3. The van der Waals surface area contributed by atoms with E-state index < -0.39 is 51.1 Å². The number of hydrogen-bond acceptors (Lipinski definition) is 10. The molecule has 11 heteroatoms. The van der Waals surface area contributed by atoms with E-state index in [1.807, 2.05) is 0 Å². The Balaban J connectivity index is 1.65. The van der Waals surface area contributed by atoms with Crippen molar-refractivity contribution in [3.8, 4) is 0 Å². The van der Waals surface area contributed by atoms with Gasteiger partial charge >= 0.3 is 26.5 Å². The summed E-state index contributed by atoms with van der Waals surface area (Å²) >= 11 is 0. The summed E-state index contributed by atoms with van der Waals surface area (Å²) in [6, 6.07) is 24.1. The van der Waals surface area contributed by atoms with Gasteiger partial charge in [0.1, 0.15) is 0 Å². The van der Waals surface area contributed by atoms with Crippen LogP contribution in [0.1, 0.15) is 31.1 Å². The third-order valence-corrected chi connectivity index (χ3v) is 5.75. The van der Waals surface area contributed by atoms with Gasteiger partial charge in [-0.15, -0.1) is 0 Å². The molecular weight excluding hydrogens is 503 g/mol. The van der Waals surface area contributed by atoms with Crippen LogP contribution in [0, 0.1) is 0 Å². The number of carbonyl (C=O) groups excluding carboxylic acids is 3. The third kappa shape index (κ3) is 6.97. The van der Waals surface area contributed by atoms with E-state index >= 15 is 0 Å². The Kier molecular flexibility index (Phi) is 8.95. The van der Waals surface area contributed by atoms with Crippen molar-refractivity contribution >= 4 is 26.5 Å². The minimum atomic E-state index is -2.94. The summed E-state index contributed by atoms with van der Waals surface area (Å²) < 4.78 is 27.4. The molecule has 1 aliphatic heterocycles. The van der Waals surface area contributed by atoms with Gasteiger partial charge in [-0.3, -0.25) is 4.52 Å². The number of carbonyl (C=O) groups is 3. The summed E-state index contributed by atoms with van der Waals surface area (Å²) in [5, 5.41) is 0. The molecule has 0 saturated carbocycles. The van der Waals surface area contributed by atoms with Crippen LogP contribution in [0.3, 0.4) is 0 Å². The van der Waals surface area contributed by atoms with Gasteiger partial charge in [-0.1, -0.05) is 54.6 Å². The van der Waals surface area contributed by atoms with Crippen LogP contribution in [-0.4, -0.2) is 58.9 Å². The van der Waals surface area contributed by atoms with Gasteiger partial charge in [-0.25, -0.2) is 14.4 Å². The largest absolute Gasteiger partial charge is 0.452 e. The Labute approximate surface area is 213 Å². The van der Waals surface area contributed by atoms with Gasteiger partial charge in [0.2, 0.25) is 6.29 Å². The first kappa shape index (κ1) is 26.4. The average Bonchev–Trinajstić information content (AvgIpc) is 2.92. The highest BCUT2D eigenvalue weighted by molar-refractivity contribution is 7.39. The predicted octanol–water partition coefficient (Wildman–Crippen LogP) is 3.25. The molecule has 192 valence electrons. The molecule has 0 aromatic heterocycles. The smallest absolute Gasteiger partial charge is 0.338 e. The van der Waals surface area contributed by atoms with Crippen molar-refractivity contribution in [3.05, 3.63) is 108 Å². The molecule has 0 radical (unpaired) electrons. The second kappa shape index (κ2) is 12.5. The second-order valence-electron chi connectivity index (χ2n) is 7.84. The molecule has 1 saturated heterocycles. The van der Waals surface area contributed by atoms with Crippen LogP contribution in [0.4, 0.5) is 0 Å². The zero-order chi connectivity index (χ0) is 26.2. The SMILES string of the molecule is O=C(O[C@H]1[C@H](OC(=O)c2ccccc2)COC(OP(O)O)[C@@H]1OC(=O)c1ccccc1)c1ccccc1. The van der Waals surface area contributed by atoms with E-state index in [1.54, 1.807) is 66.7 Å². The Bertz CT molecular complexity index is 1190. The molecule has 1 heterocycles. The first-order valence-corrected chi connectivity index (χ1v) is 12.3. The molecule has 0 bridgehead atoms. The lowest BCUT2D eigenvalue weighted by Crippen LogP contribution is -2.58. The molecule has 1 aliphatic rings. The highest BCUT2D eigenvalue weighted by atomic mass is 31.2. The van der Waals surface area contributed by atoms with Gasteiger partial charge in [-0.2, -0.15) is 0 Å². The lowest BCUT2D eigenvalue weighted by molar-refractivity contribution is -0.242. The molecule has 1 fully saturated rings. The Morgan fingerprint density at radius 1 is 0.649 bits per heavy atom. The van der Waals surface area contributed by atoms with Crippen LogP contribution in [0.15, 0.2) is 91.0 Å². The van der Waals surface area contributed by atoms with Crippen LogP contribution in [0.25, 0.3) is 0 Å². The molecule has 4 atom stereocenters. The fourth-order valence-electron chi connectivity index (χ4n) is 3.61. The standard InChI is InChI=1S/C26H23O10P/c27-23(17-10-4-1-5-11-17)33-20-16-32-26(36-37(30)31)22(35-25(29)19-14-8-3-9-15-19)21(20)34-24(28)18-12-6-2-7-13-18/h1-15,20-22,26,30-31H,16H2/t20-,21+,22-,26?/m1/s1. The van der Waals surface area contributed by atoms with Crippen molar-refractivity contribution in [1.29, 1.82) is 0 Å². The van der Waals surface area contributed by atoms with E-state index in [0.717, 1.165) is 0 Å². The van der Waals surface area contributed by atoms with E-state index in [1.165, 1.54) is 24.3 Å². The van der Waals surface area contributed by atoms with Gasteiger partial charge in [0.05, 0.1) is 23.3 Å². The van der Waals surface area contributed by atoms with Crippen LogP contribution in [0.5, 0.6) is 0 Å². The highest BCUT2D eigenvalue weighted by Gasteiger charge is 2.49. The van der Waals surface area contributed by atoms with E-state index in [-0.39, 0.29) is 23.3 Å². The quantitative estimate of drug-likeness (QED) is 0.256. The van der Waals surface area contributed by atoms with Gasteiger partial charge in [0, 0.05) is 0 Å². The molecule has 37 heavy (non-hydrogen) atoms. The first-order chi connectivity index (χ1) is 17.9. The van der Waals surface area contributed by atoms with Crippen LogP contribution in [-0.2, 0) is 23.5 Å². The van der Waals surface area contributed by atoms with Crippen molar-refractivity contribution in [2.75, 3.05) is 6.61 Å². The number of ether oxygens (including phenoxy) is 4. The molecule has 10 nitrogen and oxygen atoms in total. The van der Waals surface area contributed by atoms with E-state index in [0.29, 0.717) is 0 Å². The van der Waals surface area contributed by atoms with Gasteiger partial charge in [0.25, 0.3) is 0 Å². The van der Waals surface area contributed by atoms with E-state index in [2.05, 4.69) is 0 Å². The van der Waals surface area contributed by atoms with Crippen molar-refractivity contribution < 1.29 is 47.6 Å². The molecule has 0 amide bonds. The molecular formula is C26H23O10P. The third-order valence-electron chi connectivity index (χ3n) is 5.35. The Hall–Kier alpha value is -3.66. The van der Waals surface area contributed by atoms with Gasteiger partial charge < -0.3 is 28.7 Å².